The maximum Gasteiger partial charge on any atom is 0.162 e. The molecule has 0 atom stereocenters. The molecule has 0 aromatic heterocycles. The zero-order valence-corrected chi connectivity index (χ0v) is 10.0. The molecular weight excluding hydrogens is 260 g/mol. The van der Waals surface area contributed by atoms with Crippen molar-refractivity contribution >= 4 is 11.6 Å². The predicted molar refractivity (Wildman–Crippen MR) is 65.8 cm³/mol. The van der Waals surface area contributed by atoms with Crippen LogP contribution in [0, 0.1) is 11.6 Å². The first-order valence-electron chi connectivity index (χ1n) is 5.21. The highest BCUT2D eigenvalue weighted by molar-refractivity contribution is 6.32. The monoisotopic (exact) mass is 269 g/mol. The highest BCUT2D eigenvalue weighted by atomic mass is 35.5. The van der Waals surface area contributed by atoms with Crippen molar-refractivity contribution in [3.63, 3.8) is 0 Å². The molecule has 94 valence electrons. The summed E-state index contributed by atoms with van der Waals surface area (Å²) < 4.78 is 31.1. The van der Waals surface area contributed by atoms with E-state index in [1.54, 1.807) is 18.2 Å². The lowest BCUT2D eigenvalue weighted by Gasteiger charge is -2.08. The Bertz CT molecular complexity index is 575. The number of hydrogen-bond acceptors (Lipinski definition) is 2. The fraction of sp³-hybridized carbons (Fsp3) is 0.0769. The van der Waals surface area contributed by atoms with Crippen LogP contribution in [-0.2, 0) is 6.54 Å². The lowest BCUT2D eigenvalue weighted by Crippen LogP contribution is -1.96. The molecule has 0 amide bonds. The summed E-state index contributed by atoms with van der Waals surface area (Å²) in [5, 5.41) is 0.364. The van der Waals surface area contributed by atoms with E-state index in [0.717, 1.165) is 17.7 Å². The smallest absolute Gasteiger partial charge is 0.162 e. The van der Waals surface area contributed by atoms with Crippen molar-refractivity contribution in [2.75, 3.05) is 0 Å². The Morgan fingerprint density at radius 2 is 1.83 bits per heavy atom. The summed E-state index contributed by atoms with van der Waals surface area (Å²) in [6.07, 6.45) is 0. The number of rotatable bonds is 3. The summed E-state index contributed by atoms with van der Waals surface area (Å²) in [7, 11) is 0. The van der Waals surface area contributed by atoms with Gasteiger partial charge in [0.05, 0.1) is 5.02 Å². The third-order valence-electron chi connectivity index (χ3n) is 2.35. The standard InChI is InChI=1S/C13H10ClF2NO/c14-10-5-8(7-17)1-4-13(10)18-9-2-3-11(15)12(16)6-9/h1-6H,7,17H2. The van der Waals surface area contributed by atoms with E-state index in [-0.39, 0.29) is 5.75 Å². The van der Waals surface area contributed by atoms with E-state index in [9.17, 15) is 8.78 Å². The highest BCUT2D eigenvalue weighted by Crippen LogP contribution is 2.30. The molecule has 0 fully saturated rings. The molecule has 2 N–H and O–H groups in total. The summed E-state index contributed by atoms with van der Waals surface area (Å²) >= 11 is 5.98. The van der Waals surface area contributed by atoms with Crippen LogP contribution in [0.4, 0.5) is 8.78 Å². The Balaban J connectivity index is 2.25. The molecule has 0 aliphatic rings. The molecule has 18 heavy (non-hydrogen) atoms. The van der Waals surface area contributed by atoms with Gasteiger partial charge in [-0.1, -0.05) is 17.7 Å². The predicted octanol–water partition coefficient (Wildman–Crippen LogP) is 3.87. The Kier molecular flexibility index (Phi) is 3.79. The lowest BCUT2D eigenvalue weighted by atomic mass is 10.2. The van der Waals surface area contributed by atoms with Gasteiger partial charge in [-0.05, 0) is 29.8 Å². The van der Waals surface area contributed by atoms with E-state index in [4.69, 9.17) is 22.1 Å². The van der Waals surface area contributed by atoms with Crippen LogP contribution in [0.1, 0.15) is 5.56 Å². The second-order valence-corrected chi connectivity index (χ2v) is 4.05. The average Bonchev–Trinajstić information content (AvgIpc) is 2.36. The van der Waals surface area contributed by atoms with Crippen LogP contribution in [0.3, 0.4) is 0 Å². The van der Waals surface area contributed by atoms with Crippen molar-refractivity contribution in [1.82, 2.24) is 0 Å². The summed E-state index contributed by atoms with van der Waals surface area (Å²) in [4.78, 5) is 0. The Morgan fingerprint density at radius 1 is 1.06 bits per heavy atom. The van der Waals surface area contributed by atoms with E-state index in [1.807, 2.05) is 0 Å². The van der Waals surface area contributed by atoms with Crippen LogP contribution in [0.25, 0.3) is 0 Å². The van der Waals surface area contributed by atoms with E-state index in [0.29, 0.717) is 17.3 Å². The van der Waals surface area contributed by atoms with Crippen molar-refractivity contribution in [3.05, 3.63) is 58.6 Å². The zero-order valence-electron chi connectivity index (χ0n) is 9.29. The first-order valence-corrected chi connectivity index (χ1v) is 5.59. The van der Waals surface area contributed by atoms with Gasteiger partial charge in [-0.15, -0.1) is 0 Å². The molecule has 0 saturated heterocycles. The number of benzene rings is 2. The summed E-state index contributed by atoms with van der Waals surface area (Å²) in [5.74, 6) is -1.36. The molecule has 2 nitrogen and oxygen atoms in total. The number of nitrogens with two attached hydrogens (primary N) is 1. The minimum Gasteiger partial charge on any atom is -0.456 e. The third kappa shape index (κ3) is 2.78. The van der Waals surface area contributed by atoms with Crippen molar-refractivity contribution in [1.29, 1.82) is 0 Å². The molecular formula is C13H10ClF2NO. The maximum atomic E-state index is 13.0. The highest BCUT2D eigenvalue weighted by Gasteiger charge is 2.07. The summed E-state index contributed by atoms with van der Waals surface area (Å²) in [6.45, 7) is 0.366. The van der Waals surface area contributed by atoms with Crippen molar-refractivity contribution < 1.29 is 13.5 Å². The second kappa shape index (κ2) is 5.33. The first-order chi connectivity index (χ1) is 8.60. The molecule has 0 spiro atoms. The Labute approximate surface area is 108 Å². The number of hydrogen-bond donors (Lipinski definition) is 1. The Morgan fingerprint density at radius 3 is 2.44 bits per heavy atom. The van der Waals surface area contributed by atoms with Gasteiger partial charge in [0.1, 0.15) is 11.5 Å². The normalized spacial score (nSPS) is 10.4. The van der Waals surface area contributed by atoms with Crippen molar-refractivity contribution in [3.8, 4) is 11.5 Å². The summed E-state index contributed by atoms with van der Waals surface area (Å²) in [6, 6.07) is 8.32. The largest absolute Gasteiger partial charge is 0.456 e. The van der Waals surface area contributed by atoms with E-state index in [1.165, 1.54) is 6.07 Å². The fourth-order valence-corrected chi connectivity index (χ4v) is 1.66. The molecule has 2 aromatic rings. The van der Waals surface area contributed by atoms with Crippen LogP contribution in [-0.4, -0.2) is 0 Å². The first kappa shape index (κ1) is 12.8. The molecule has 0 saturated carbocycles. The minimum atomic E-state index is -0.970. The van der Waals surface area contributed by atoms with Crippen LogP contribution in [0.5, 0.6) is 11.5 Å². The van der Waals surface area contributed by atoms with E-state index in [2.05, 4.69) is 0 Å². The van der Waals surface area contributed by atoms with Crippen LogP contribution in [0.15, 0.2) is 36.4 Å². The SMILES string of the molecule is NCc1ccc(Oc2ccc(F)c(F)c2)c(Cl)c1. The lowest BCUT2D eigenvalue weighted by molar-refractivity contribution is 0.461. The van der Waals surface area contributed by atoms with Gasteiger partial charge in [0.25, 0.3) is 0 Å². The molecule has 0 aliphatic carbocycles. The quantitative estimate of drug-likeness (QED) is 0.918. The van der Waals surface area contributed by atoms with Crippen LogP contribution in [0.2, 0.25) is 5.02 Å². The molecule has 2 aromatic carbocycles. The second-order valence-electron chi connectivity index (χ2n) is 3.65. The van der Waals surface area contributed by atoms with Gasteiger partial charge in [-0.25, -0.2) is 8.78 Å². The van der Waals surface area contributed by atoms with Crippen LogP contribution < -0.4 is 10.5 Å². The average molecular weight is 270 g/mol. The molecule has 0 radical (unpaired) electrons. The number of halogens is 3. The topological polar surface area (TPSA) is 35.2 Å². The molecule has 0 aliphatic heterocycles. The van der Waals surface area contributed by atoms with Gasteiger partial charge >= 0.3 is 0 Å². The van der Waals surface area contributed by atoms with E-state index >= 15 is 0 Å². The van der Waals surface area contributed by atoms with E-state index < -0.39 is 11.6 Å². The van der Waals surface area contributed by atoms with Gasteiger partial charge < -0.3 is 10.5 Å². The Hall–Kier alpha value is -1.65. The van der Waals surface area contributed by atoms with Gasteiger partial charge in [0, 0.05) is 12.6 Å². The number of ether oxygens (including phenoxy) is 1. The fourth-order valence-electron chi connectivity index (χ4n) is 1.42. The summed E-state index contributed by atoms with van der Waals surface area (Å²) in [5.41, 5.74) is 6.33. The van der Waals surface area contributed by atoms with Crippen molar-refractivity contribution in [2.45, 2.75) is 6.54 Å². The van der Waals surface area contributed by atoms with Crippen molar-refractivity contribution in [2.24, 2.45) is 5.73 Å². The maximum absolute atomic E-state index is 13.0. The third-order valence-corrected chi connectivity index (χ3v) is 2.65. The van der Waals surface area contributed by atoms with Gasteiger partial charge in [0.2, 0.25) is 0 Å². The zero-order chi connectivity index (χ0) is 13.1. The molecule has 0 unspecified atom stereocenters. The van der Waals surface area contributed by atoms with Gasteiger partial charge in [-0.2, -0.15) is 0 Å². The molecule has 0 heterocycles. The molecule has 2 rings (SSSR count). The van der Waals surface area contributed by atoms with Gasteiger partial charge in [0.15, 0.2) is 11.6 Å². The minimum absolute atomic E-state index is 0.177. The molecule has 5 heteroatoms. The van der Waals surface area contributed by atoms with Gasteiger partial charge in [-0.3, -0.25) is 0 Å². The molecule has 0 bridgehead atoms. The van der Waals surface area contributed by atoms with Crippen LogP contribution >= 0.6 is 11.6 Å².